The van der Waals surface area contributed by atoms with E-state index in [0.29, 0.717) is 26.0 Å². The summed E-state index contributed by atoms with van der Waals surface area (Å²) in [6, 6.07) is 3.59. The predicted octanol–water partition coefficient (Wildman–Crippen LogP) is 0.894. The number of rotatable bonds is 3. The largest absolute Gasteiger partial charge is 0.494 e. The normalized spacial score (nSPS) is 21.6. The summed E-state index contributed by atoms with van der Waals surface area (Å²) in [6.45, 7) is 1.34. The van der Waals surface area contributed by atoms with E-state index in [4.69, 9.17) is 9.47 Å². The zero-order valence-corrected chi connectivity index (χ0v) is 14.8. The molecule has 1 aromatic carbocycles. The first-order valence-corrected chi connectivity index (χ1v) is 9.55. The van der Waals surface area contributed by atoms with Gasteiger partial charge in [-0.2, -0.15) is 4.31 Å². The lowest BCUT2D eigenvalue weighted by Crippen LogP contribution is -2.48. The monoisotopic (exact) mass is 372 g/mol. The molecule has 0 aromatic heterocycles. The molecule has 1 N–H and O–H groups in total. The molecule has 1 aromatic rings. The molecule has 2 heterocycles. The summed E-state index contributed by atoms with van der Waals surface area (Å²) in [5, 5.41) is 2.75. The summed E-state index contributed by atoms with van der Waals surface area (Å²) in [6.07, 6.45) is 1.09. The molecule has 2 fully saturated rings. The van der Waals surface area contributed by atoms with E-state index < -0.39 is 21.4 Å². The Bertz CT molecular complexity index is 760. The summed E-state index contributed by atoms with van der Waals surface area (Å²) in [4.78, 5) is 11.7. The molecule has 0 unspecified atom stereocenters. The van der Waals surface area contributed by atoms with Gasteiger partial charge >= 0.3 is 0 Å². The molecule has 25 heavy (non-hydrogen) atoms. The van der Waals surface area contributed by atoms with E-state index in [2.05, 4.69) is 5.32 Å². The summed E-state index contributed by atoms with van der Waals surface area (Å²) in [5.41, 5.74) is -0.613. The van der Waals surface area contributed by atoms with Crippen molar-refractivity contribution in [2.75, 3.05) is 33.4 Å². The van der Waals surface area contributed by atoms with Crippen LogP contribution in [0.4, 0.5) is 4.39 Å². The predicted molar refractivity (Wildman–Crippen MR) is 87.3 cm³/mol. The minimum absolute atomic E-state index is 0.00517. The first-order valence-electron chi connectivity index (χ1n) is 8.11. The van der Waals surface area contributed by atoms with Crippen LogP contribution in [0.25, 0.3) is 0 Å². The van der Waals surface area contributed by atoms with Crippen LogP contribution in [-0.4, -0.2) is 57.6 Å². The van der Waals surface area contributed by atoms with Crippen molar-refractivity contribution in [3.05, 3.63) is 24.0 Å². The fourth-order valence-electron chi connectivity index (χ4n) is 3.28. The zero-order valence-electron chi connectivity index (χ0n) is 14.0. The molecule has 0 aliphatic carbocycles. The second-order valence-electron chi connectivity index (χ2n) is 6.26. The van der Waals surface area contributed by atoms with Gasteiger partial charge in [0.1, 0.15) is 0 Å². The number of sulfonamides is 1. The lowest BCUT2D eigenvalue weighted by atomic mass is 9.88. The standard InChI is InChI=1S/C16H21FN2O5S/c1-23-14-3-2-12(10-13(14)17)25(21,22)19-7-4-16(5-8-19)11-15(20)18-6-9-24-16/h2-3,10H,4-9,11H2,1H3,(H,18,20). The van der Waals surface area contributed by atoms with Crippen molar-refractivity contribution in [3.63, 3.8) is 0 Å². The number of carbonyl (C=O) groups excluding carboxylic acids is 1. The van der Waals surface area contributed by atoms with Gasteiger partial charge in [-0.25, -0.2) is 12.8 Å². The van der Waals surface area contributed by atoms with Crippen molar-refractivity contribution >= 4 is 15.9 Å². The first kappa shape index (κ1) is 18.1. The molecule has 2 saturated heterocycles. The maximum absolute atomic E-state index is 13.8. The molecule has 1 spiro atoms. The minimum Gasteiger partial charge on any atom is -0.494 e. The Balaban J connectivity index is 1.75. The quantitative estimate of drug-likeness (QED) is 0.852. The summed E-state index contributed by atoms with van der Waals surface area (Å²) >= 11 is 0. The van der Waals surface area contributed by atoms with Crippen molar-refractivity contribution in [2.24, 2.45) is 0 Å². The number of methoxy groups -OCH3 is 1. The van der Waals surface area contributed by atoms with Crippen LogP contribution >= 0.6 is 0 Å². The van der Waals surface area contributed by atoms with Crippen molar-refractivity contribution in [2.45, 2.75) is 29.8 Å². The maximum atomic E-state index is 13.8. The minimum atomic E-state index is -3.81. The molecular weight excluding hydrogens is 351 g/mol. The molecule has 7 nitrogen and oxygen atoms in total. The average molecular weight is 372 g/mol. The number of ether oxygens (including phenoxy) is 2. The van der Waals surface area contributed by atoms with Gasteiger partial charge in [0, 0.05) is 19.6 Å². The van der Waals surface area contributed by atoms with Gasteiger partial charge in [-0.1, -0.05) is 0 Å². The van der Waals surface area contributed by atoms with Gasteiger partial charge in [-0.3, -0.25) is 4.79 Å². The second kappa shape index (κ2) is 6.89. The second-order valence-corrected chi connectivity index (χ2v) is 8.20. The Morgan fingerprint density at radius 2 is 2.04 bits per heavy atom. The number of hydrogen-bond donors (Lipinski definition) is 1. The van der Waals surface area contributed by atoms with Crippen LogP contribution in [0.5, 0.6) is 5.75 Å². The maximum Gasteiger partial charge on any atom is 0.243 e. The Morgan fingerprint density at radius 1 is 1.32 bits per heavy atom. The third kappa shape index (κ3) is 3.63. The van der Waals surface area contributed by atoms with Gasteiger partial charge < -0.3 is 14.8 Å². The summed E-state index contributed by atoms with van der Waals surface area (Å²) in [7, 11) is -2.49. The van der Waals surface area contributed by atoms with Crippen LogP contribution in [0, 0.1) is 5.82 Å². The number of amides is 1. The van der Waals surface area contributed by atoms with E-state index in [-0.39, 0.29) is 36.1 Å². The van der Waals surface area contributed by atoms with E-state index in [0.717, 1.165) is 6.07 Å². The lowest BCUT2D eigenvalue weighted by molar-refractivity contribution is -0.127. The molecule has 0 radical (unpaired) electrons. The van der Waals surface area contributed by atoms with Crippen LogP contribution in [0.1, 0.15) is 19.3 Å². The van der Waals surface area contributed by atoms with Gasteiger partial charge in [0.05, 0.1) is 30.6 Å². The fourth-order valence-corrected chi connectivity index (χ4v) is 4.73. The van der Waals surface area contributed by atoms with Crippen LogP contribution in [0.3, 0.4) is 0 Å². The van der Waals surface area contributed by atoms with Gasteiger partial charge in [0.2, 0.25) is 15.9 Å². The summed E-state index contributed by atoms with van der Waals surface area (Å²) < 4.78 is 51.3. The molecule has 2 aliphatic heterocycles. The van der Waals surface area contributed by atoms with Gasteiger partial charge in [0.15, 0.2) is 11.6 Å². The van der Waals surface area contributed by atoms with Crippen LogP contribution in [0.15, 0.2) is 23.1 Å². The van der Waals surface area contributed by atoms with E-state index in [1.165, 1.54) is 23.5 Å². The molecule has 0 bridgehead atoms. The third-order valence-corrected chi connectivity index (χ3v) is 6.60. The number of nitrogens with one attached hydrogen (secondary N) is 1. The highest BCUT2D eigenvalue weighted by Gasteiger charge is 2.41. The summed E-state index contributed by atoms with van der Waals surface area (Å²) in [5.74, 6) is -0.804. The smallest absolute Gasteiger partial charge is 0.243 e. The van der Waals surface area contributed by atoms with E-state index in [9.17, 15) is 17.6 Å². The number of hydrogen-bond acceptors (Lipinski definition) is 5. The van der Waals surface area contributed by atoms with Crippen molar-refractivity contribution in [1.29, 1.82) is 0 Å². The fraction of sp³-hybridized carbons (Fsp3) is 0.562. The van der Waals surface area contributed by atoms with Crippen LogP contribution < -0.4 is 10.1 Å². The number of nitrogens with zero attached hydrogens (tertiary/aromatic N) is 1. The topological polar surface area (TPSA) is 84.9 Å². The first-order chi connectivity index (χ1) is 11.9. The molecule has 0 saturated carbocycles. The third-order valence-electron chi connectivity index (χ3n) is 4.71. The van der Waals surface area contributed by atoms with Crippen molar-refractivity contribution in [1.82, 2.24) is 9.62 Å². The Morgan fingerprint density at radius 3 is 2.68 bits per heavy atom. The van der Waals surface area contributed by atoms with Gasteiger partial charge in [0.25, 0.3) is 0 Å². The molecular formula is C16H21FN2O5S. The average Bonchev–Trinajstić information content (AvgIpc) is 2.76. The molecule has 138 valence electrons. The number of piperidine rings is 1. The molecule has 0 atom stereocenters. The molecule has 3 rings (SSSR count). The lowest BCUT2D eigenvalue weighted by Gasteiger charge is -2.39. The van der Waals surface area contributed by atoms with Crippen molar-refractivity contribution in [3.8, 4) is 5.75 Å². The Kier molecular flexibility index (Phi) is 4.99. The highest BCUT2D eigenvalue weighted by atomic mass is 32.2. The highest BCUT2D eigenvalue weighted by Crippen LogP contribution is 2.33. The molecule has 2 aliphatic rings. The van der Waals surface area contributed by atoms with Gasteiger partial charge in [-0.15, -0.1) is 0 Å². The van der Waals surface area contributed by atoms with E-state index >= 15 is 0 Å². The number of carbonyl (C=O) groups is 1. The van der Waals surface area contributed by atoms with E-state index in [1.54, 1.807) is 0 Å². The Hall–Kier alpha value is -1.71. The highest BCUT2D eigenvalue weighted by molar-refractivity contribution is 7.89. The van der Waals surface area contributed by atoms with E-state index in [1.807, 2.05) is 0 Å². The zero-order chi connectivity index (χ0) is 18.1. The Labute approximate surface area is 146 Å². The molecule has 9 heteroatoms. The molecule has 1 amide bonds. The van der Waals surface area contributed by atoms with Crippen LogP contribution in [0.2, 0.25) is 0 Å². The van der Waals surface area contributed by atoms with Crippen molar-refractivity contribution < 1.29 is 27.1 Å². The SMILES string of the molecule is COc1ccc(S(=O)(=O)N2CCC3(CC2)CC(=O)NCCO3)cc1F. The number of benzene rings is 1. The van der Waals surface area contributed by atoms with Gasteiger partial charge in [-0.05, 0) is 31.0 Å². The van der Waals surface area contributed by atoms with Crippen LogP contribution in [-0.2, 0) is 19.6 Å². The number of halogens is 1.